The highest BCUT2D eigenvalue weighted by Crippen LogP contribution is 2.29. The molecule has 1 aromatic heterocycles. The van der Waals surface area contributed by atoms with E-state index in [2.05, 4.69) is 26.2 Å². The van der Waals surface area contributed by atoms with Gasteiger partial charge in [-0.25, -0.2) is 13.8 Å². The van der Waals surface area contributed by atoms with Gasteiger partial charge >= 0.3 is 0 Å². The number of nitrogens with two attached hydrogens (primary N) is 1. The average molecular weight is 335 g/mol. The molecule has 94 valence electrons. The molecule has 0 aliphatic heterocycles. The number of benzene rings is 1. The molecule has 0 unspecified atom stereocenters. The number of halogens is 4. The monoisotopic (exact) mass is 333 g/mol. The van der Waals surface area contributed by atoms with E-state index in [0.717, 1.165) is 4.47 Å². The molecule has 2 rings (SSSR count). The predicted octanol–water partition coefficient (Wildman–Crippen LogP) is 4.10. The van der Waals surface area contributed by atoms with Gasteiger partial charge < -0.3 is 11.1 Å². The molecule has 0 amide bonds. The number of aromatic nitrogens is 1. The molecule has 3 nitrogen and oxygen atoms in total. The van der Waals surface area contributed by atoms with E-state index < -0.39 is 11.6 Å². The Morgan fingerprint density at radius 1 is 1.22 bits per heavy atom. The lowest BCUT2D eigenvalue weighted by molar-refractivity contribution is 0.581. The molecule has 0 saturated heterocycles. The SMILES string of the molecule is Nc1nc(Nc2ccc(Br)cc2Cl)c(F)cc1F. The summed E-state index contributed by atoms with van der Waals surface area (Å²) >= 11 is 9.20. The van der Waals surface area contributed by atoms with E-state index in [1.165, 1.54) is 0 Å². The molecule has 0 fully saturated rings. The number of nitrogens with one attached hydrogen (secondary N) is 1. The van der Waals surface area contributed by atoms with Gasteiger partial charge in [0.1, 0.15) is 0 Å². The molecule has 1 heterocycles. The van der Waals surface area contributed by atoms with Crippen LogP contribution in [0.3, 0.4) is 0 Å². The number of hydrogen-bond acceptors (Lipinski definition) is 3. The van der Waals surface area contributed by atoms with Crippen molar-refractivity contribution in [2.45, 2.75) is 0 Å². The topological polar surface area (TPSA) is 50.9 Å². The Bertz CT molecular complexity index is 607. The second-order valence-electron chi connectivity index (χ2n) is 3.44. The Morgan fingerprint density at radius 2 is 1.94 bits per heavy atom. The maximum atomic E-state index is 13.5. The van der Waals surface area contributed by atoms with E-state index in [1.807, 2.05) is 0 Å². The van der Waals surface area contributed by atoms with Gasteiger partial charge in [0.25, 0.3) is 0 Å². The Balaban J connectivity index is 2.37. The van der Waals surface area contributed by atoms with Crippen LogP contribution in [0.1, 0.15) is 0 Å². The molecule has 3 N–H and O–H groups in total. The Labute approximate surface area is 115 Å². The van der Waals surface area contributed by atoms with E-state index in [4.69, 9.17) is 17.3 Å². The van der Waals surface area contributed by atoms with Crippen molar-refractivity contribution in [3.63, 3.8) is 0 Å². The zero-order valence-electron chi connectivity index (χ0n) is 8.85. The van der Waals surface area contributed by atoms with Gasteiger partial charge in [0.2, 0.25) is 0 Å². The third-order valence-corrected chi connectivity index (χ3v) is 2.95. The number of rotatable bonds is 2. The summed E-state index contributed by atoms with van der Waals surface area (Å²) in [7, 11) is 0. The van der Waals surface area contributed by atoms with Crippen LogP contribution in [0, 0.1) is 11.6 Å². The largest absolute Gasteiger partial charge is 0.381 e. The minimum atomic E-state index is -0.903. The summed E-state index contributed by atoms with van der Waals surface area (Å²) in [5.74, 6) is -2.31. The number of nitrogen functional groups attached to an aromatic ring is 1. The molecule has 0 saturated carbocycles. The van der Waals surface area contributed by atoms with E-state index in [1.54, 1.807) is 18.2 Å². The lowest BCUT2D eigenvalue weighted by Crippen LogP contribution is -2.03. The smallest absolute Gasteiger partial charge is 0.169 e. The van der Waals surface area contributed by atoms with Gasteiger partial charge in [0.15, 0.2) is 23.3 Å². The maximum absolute atomic E-state index is 13.5. The van der Waals surface area contributed by atoms with Crippen molar-refractivity contribution in [1.29, 1.82) is 0 Å². The van der Waals surface area contributed by atoms with E-state index in [9.17, 15) is 8.78 Å². The summed E-state index contributed by atoms with van der Waals surface area (Å²) in [5.41, 5.74) is 5.71. The van der Waals surface area contributed by atoms with Crippen molar-refractivity contribution in [2.24, 2.45) is 0 Å². The van der Waals surface area contributed by atoms with E-state index in [0.29, 0.717) is 16.8 Å². The molecule has 0 spiro atoms. The highest BCUT2D eigenvalue weighted by molar-refractivity contribution is 9.10. The molecule has 18 heavy (non-hydrogen) atoms. The van der Waals surface area contributed by atoms with Crippen molar-refractivity contribution < 1.29 is 8.78 Å². The summed E-state index contributed by atoms with van der Waals surface area (Å²) in [5, 5.41) is 3.02. The van der Waals surface area contributed by atoms with Gasteiger partial charge in [0.05, 0.1) is 10.7 Å². The summed E-state index contributed by atoms with van der Waals surface area (Å²) in [6.45, 7) is 0. The van der Waals surface area contributed by atoms with Gasteiger partial charge in [-0.15, -0.1) is 0 Å². The highest BCUT2D eigenvalue weighted by atomic mass is 79.9. The Morgan fingerprint density at radius 3 is 2.61 bits per heavy atom. The van der Waals surface area contributed by atoms with Crippen LogP contribution in [0.5, 0.6) is 0 Å². The summed E-state index contributed by atoms with van der Waals surface area (Å²) in [6.07, 6.45) is 0. The van der Waals surface area contributed by atoms with Crippen LogP contribution in [0.15, 0.2) is 28.7 Å². The van der Waals surface area contributed by atoms with E-state index >= 15 is 0 Å². The van der Waals surface area contributed by atoms with Crippen molar-refractivity contribution in [1.82, 2.24) is 4.98 Å². The lowest BCUT2D eigenvalue weighted by atomic mass is 10.3. The second kappa shape index (κ2) is 5.07. The molecule has 0 bridgehead atoms. The van der Waals surface area contributed by atoms with Crippen LogP contribution < -0.4 is 11.1 Å². The zero-order chi connectivity index (χ0) is 13.3. The third kappa shape index (κ3) is 2.70. The first kappa shape index (κ1) is 13.0. The maximum Gasteiger partial charge on any atom is 0.169 e. The van der Waals surface area contributed by atoms with Gasteiger partial charge in [-0.2, -0.15) is 0 Å². The van der Waals surface area contributed by atoms with Crippen LogP contribution in [0.2, 0.25) is 5.02 Å². The minimum Gasteiger partial charge on any atom is -0.381 e. The van der Waals surface area contributed by atoms with Crippen molar-refractivity contribution in [3.05, 3.63) is 45.4 Å². The third-order valence-electron chi connectivity index (χ3n) is 2.14. The molecule has 0 atom stereocenters. The minimum absolute atomic E-state index is 0.182. The second-order valence-corrected chi connectivity index (χ2v) is 4.76. The van der Waals surface area contributed by atoms with Crippen LogP contribution in [0.25, 0.3) is 0 Å². The normalized spacial score (nSPS) is 10.4. The number of hydrogen-bond donors (Lipinski definition) is 2. The fourth-order valence-electron chi connectivity index (χ4n) is 1.29. The van der Waals surface area contributed by atoms with Crippen LogP contribution in [-0.4, -0.2) is 4.98 Å². The first-order chi connectivity index (χ1) is 8.47. The first-order valence-corrected chi connectivity index (χ1v) is 5.98. The van der Waals surface area contributed by atoms with Gasteiger partial charge in [-0.05, 0) is 18.2 Å². The summed E-state index contributed by atoms with van der Waals surface area (Å²) in [6, 6.07) is 5.65. The van der Waals surface area contributed by atoms with Crippen LogP contribution in [-0.2, 0) is 0 Å². The molecule has 0 aliphatic carbocycles. The Kier molecular flexibility index (Phi) is 3.68. The van der Waals surface area contributed by atoms with Crippen molar-refractivity contribution in [2.75, 3.05) is 11.1 Å². The fraction of sp³-hybridized carbons (Fsp3) is 0. The lowest BCUT2D eigenvalue weighted by Gasteiger charge is -2.09. The molecule has 0 aliphatic rings. The number of pyridine rings is 1. The van der Waals surface area contributed by atoms with Crippen molar-refractivity contribution >= 4 is 44.9 Å². The predicted molar refractivity (Wildman–Crippen MR) is 71.0 cm³/mol. The van der Waals surface area contributed by atoms with Crippen LogP contribution >= 0.6 is 27.5 Å². The standard InChI is InChI=1S/C11H7BrClF2N3/c12-5-1-2-9(6(13)3-5)17-11-8(15)4-7(14)10(16)18-11/h1-4H,(H3,16,17,18). The molecule has 1 aromatic carbocycles. The van der Waals surface area contributed by atoms with Gasteiger partial charge in [0, 0.05) is 10.5 Å². The number of nitrogens with zero attached hydrogens (tertiary/aromatic N) is 1. The molecule has 0 radical (unpaired) electrons. The average Bonchev–Trinajstić information content (AvgIpc) is 2.29. The highest BCUT2D eigenvalue weighted by Gasteiger charge is 2.11. The molecule has 2 aromatic rings. The molecular formula is C11H7BrClF2N3. The first-order valence-electron chi connectivity index (χ1n) is 4.81. The quantitative estimate of drug-likeness (QED) is 0.869. The van der Waals surface area contributed by atoms with Crippen LogP contribution in [0.4, 0.5) is 26.1 Å². The zero-order valence-corrected chi connectivity index (χ0v) is 11.2. The van der Waals surface area contributed by atoms with E-state index in [-0.39, 0.29) is 11.6 Å². The fourth-order valence-corrected chi connectivity index (χ4v) is 2.01. The molecule has 7 heteroatoms. The summed E-state index contributed by atoms with van der Waals surface area (Å²) < 4.78 is 27.2. The van der Waals surface area contributed by atoms with Crippen molar-refractivity contribution in [3.8, 4) is 0 Å². The summed E-state index contributed by atoms with van der Waals surface area (Å²) in [4.78, 5) is 3.58. The number of anilines is 3. The van der Waals surface area contributed by atoms with Gasteiger partial charge in [-0.1, -0.05) is 27.5 Å². The Hall–Kier alpha value is -1.40. The molecular weight excluding hydrogens is 327 g/mol. The van der Waals surface area contributed by atoms with Gasteiger partial charge in [-0.3, -0.25) is 0 Å².